The number of rotatable bonds is 2. The third-order valence-corrected chi connectivity index (χ3v) is 1.41. The second-order valence-electron chi connectivity index (χ2n) is 2.18. The number of hydrogen-bond acceptors (Lipinski definition) is 4. The molecule has 1 unspecified atom stereocenters. The normalized spacial score (nSPS) is 21.8. The summed E-state index contributed by atoms with van der Waals surface area (Å²) in [5.74, 6) is -0.219. The van der Waals surface area contributed by atoms with Crippen molar-refractivity contribution >= 4 is 11.5 Å². The van der Waals surface area contributed by atoms with Gasteiger partial charge >= 0.3 is 0 Å². The van der Waals surface area contributed by atoms with Crippen LogP contribution in [-0.4, -0.2) is 24.2 Å². The minimum atomic E-state index is -0.787. The van der Waals surface area contributed by atoms with Gasteiger partial charge in [-0.25, -0.2) is 4.99 Å². The molecule has 1 atom stereocenters. The van der Waals surface area contributed by atoms with Crippen LogP contribution >= 0.6 is 0 Å². The van der Waals surface area contributed by atoms with Crippen LogP contribution in [0.2, 0.25) is 0 Å². The van der Waals surface area contributed by atoms with E-state index < -0.39 is 6.10 Å². The van der Waals surface area contributed by atoms with Crippen LogP contribution in [0.1, 0.15) is 6.92 Å². The first-order valence-electron chi connectivity index (χ1n) is 3.59. The van der Waals surface area contributed by atoms with Crippen LogP contribution in [0.5, 0.6) is 0 Å². The van der Waals surface area contributed by atoms with E-state index in [-0.39, 0.29) is 11.5 Å². The summed E-state index contributed by atoms with van der Waals surface area (Å²) >= 11 is 0. The molecule has 62 valence electrons. The maximum absolute atomic E-state index is 11.1. The Kier molecular flexibility index (Phi) is 2.72. The van der Waals surface area contributed by atoms with Gasteiger partial charge in [-0.05, 0) is 6.92 Å². The summed E-state index contributed by atoms with van der Waals surface area (Å²) in [5, 5.41) is 8.56. The zero-order valence-electron chi connectivity index (χ0n) is 6.65. The van der Waals surface area contributed by atoms with Gasteiger partial charge in [0.1, 0.15) is 6.07 Å². The monoisotopic (exact) mass is 164 g/mol. The van der Waals surface area contributed by atoms with Crippen LogP contribution in [0.15, 0.2) is 17.3 Å². The van der Waals surface area contributed by atoms with E-state index in [4.69, 9.17) is 10.00 Å². The SMILES string of the molecule is CCOC1C(=O)C=CN=C1C#N. The zero-order chi connectivity index (χ0) is 8.97. The summed E-state index contributed by atoms with van der Waals surface area (Å²) in [7, 11) is 0. The Labute approximate surface area is 70.2 Å². The van der Waals surface area contributed by atoms with Crippen molar-refractivity contribution in [2.45, 2.75) is 13.0 Å². The summed E-state index contributed by atoms with van der Waals surface area (Å²) < 4.78 is 5.04. The molecule has 1 rings (SSSR count). The van der Waals surface area contributed by atoms with Gasteiger partial charge in [-0.15, -0.1) is 0 Å². The molecule has 0 radical (unpaired) electrons. The Balaban J connectivity index is 2.82. The minimum absolute atomic E-state index is 0.129. The van der Waals surface area contributed by atoms with Gasteiger partial charge in [-0.2, -0.15) is 5.26 Å². The second-order valence-corrected chi connectivity index (χ2v) is 2.18. The summed E-state index contributed by atoms with van der Waals surface area (Å²) in [4.78, 5) is 14.8. The molecule has 0 aromatic carbocycles. The number of aliphatic imine (C=N–C) groups is 1. The molecule has 0 saturated carbocycles. The minimum Gasteiger partial charge on any atom is -0.363 e. The topological polar surface area (TPSA) is 62.4 Å². The molecule has 0 bridgehead atoms. The van der Waals surface area contributed by atoms with Gasteiger partial charge in [0.2, 0.25) is 0 Å². The van der Waals surface area contributed by atoms with Crippen molar-refractivity contribution in [2.24, 2.45) is 4.99 Å². The lowest BCUT2D eigenvalue weighted by atomic mass is 10.1. The third kappa shape index (κ3) is 1.57. The van der Waals surface area contributed by atoms with Crippen molar-refractivity contribution in [1.82, 2.24) is 0 Å². The van der Waals surface area contributed by atoms with E-state index >= 15 is 0 Å². The first-order chi connectivity index (χ1) is 5.79. The molecule has 0 spiro atoms. The maximum atomic E-state index is 11.1. The molecule has 12 heavy (non-hydrogen) atoms. The molecule has 4 nitrogen and oxygen atoms in total. The van der Waals surface area contributed by atoms with E-state index in [0.717, 1.165) is 0 Å². The quantitative estimate of drug-likeness (QED) is 0.595. The van der Waals surface area contributed by atoms with Crippen molar-refractivity contribution < 1.29 is 9.53 Å². The van der Waals surface area contributed by atoms with E-state index in [2.05, 4.69) is 4.99 Å². The molecule has 0 amide bonds. The highest BCUT2D eigenvalue weighted by Crippen LogP contribution is 2.04. The Morgan fingerprint density at radius 3 is 3.17 bits per heavy atom. The van der Waals surface area contributed by atoms with Crippen LogP contribution in [-0.2, 0) is 9.53 Å². The van der Waals surface area contributed by atoms with Gasteiger partial charge in [0.15, 0.2) is 17.6 Å². The number of ether oxygens (including phenoxy) is 1. The lowest BCUT2D eigenvalue weighted by molar-refractivity contribution is -0.121. The van der Waals surface area contributed by atoms with Crippen LogP contribution in [0.3, 0.4) is 0 Å². The summed E-state index contributed by atoms with van der Waals surface area (Å²) in [6.45, 7) is 2.16. The number of carbonyl (C=O) groups is 1. The van der Waals surface area contributed by atoms with Gasteiger partial charge in [0.25, 0.3) is 0 Å². The average Bonchev–Trinajstić information content (AvgIpc) is 2.09. The number of hydrogen-bond donors (Lipinski definition) is 0. The fourth-order valence-electron chi connectivity index (χ4n) is 0.896. The van der Waals surface area contributed by atoms with Gasteiger partial charge in [0, 0.05) is 18.9 Å². The predicted molar refractivity (Wildman–Crippen MR) is 42.6 cm³/mol. The number of ketones is 1. The lowest BCUT2D eigenvalue weighted by Crippen LogP contribution is -2.32. The van der Waals surface area contributed by atoms with Gasteiger partial charge in [-0.1, -0.05) is 0 Å². The van der Waals surface area contributed by atoms with Crippen molar-refractivity contribution in [3.8, 4) is 6.07 Å². The summed E-state index contributed by atoms with van der Waals surface area (Å²) in [6, 6.07) is 1.82. The van der Waals surface area contributed by atoms with Crippen molar-refractivity contribution in [3.05, 3.63) is 12.3 Å². The highest BCUT2D eigenvalue weighted by molar-refractivity contribution is 6.19. The van der Waals surface area contributed by atoms with E-state index in [1.54, 1.807) is 6.92 Å². The number of nitriles is 1. The Bertz CT molecular complexity index is 286. The van der Waals surface area contributed by atoms with E-state index in [1.807, 2.05) is 6.07 Å². The van der Waals surface area contributed by atoms with Gasteiger partial charge < -0.3 is 4.74 Å². The van der Waals surface area contributed by atoms with E-state index in [9.17, 15) is 4.79 Å². The standard InChI is InChI=1S/C8H8N2O2/c1-2-12-8-6(5-9)10-4-3-7(8)11/h3-4,8H,2H2,1H3. The molecule has 4 heteroatoms. The average molecular weight is 164 g/mol. The van der Waals surface area contributed by atoms with Crippen molar-refractivity contribution in [3.63, 3.8) is 0 Å². The molecule has 0 fully saturated rings. The Hall–Kier alpha value is -1.47. The Morgan fingerprint density at radius 2 is 2.58 bits per heavy atom. The molecular weight excluding hydrogens is 156 g/mol. The molecule has 1 aliphatic heterocycles. The smallest absolute Gasteiger partial charge is 0.192 e. The van der Waals surface area contributed by atoms with Crippen molar-refractivity contribution in [2.75, 3.05) is 6.61 Å². The first kappa shape index (κ1) is 8.62. The van der Waals surface area contributed by atoms with Gasteiger partial charge in [0.05, 0.1) is 0 Å². The van der Waals surface area contributed by atoms with Crippen LogP contribution in [0.25, 0.3) is 0 Å². The van der Waals surface area contributed by atoms with Crippen molar-refractivity contribution in [1.29, 1.82) is 5.26 Å². The summed E-state index contributed by atoms with van der Waals surface area (Å²) in [6.07, 6.45) is 1.84. The summed E-state index contributed by atoms with van der Waals surface area (Å²) in [5.41, 5.74) is 0.129. The number of carbonyl (C=O) groups excluding carboxylic acids is 1. The van der Waals surface area contributed by atoms with Crippen LogP contribution < -0.4 is 0 Å². The van der Waals surface area contributed by atoms with Crippen LogP contribution in [0.4, 0.5) is 0 Å². The molecule has 0 aliphatic carbocycles. The molecular formula is C8H8N2O2. The fourth-order valence-corrected chi connectivity index (χ4v) is 0.896. The highest BCUT2D eigenvalue weighted by atomic mass is 16.5. The Morgan fingerprint density at radius 1 is 1.83 bits per heavy atom. The van der Waals surface area contributed by atoms with Crippen LogP contribution in [0, 0.1) is 11.3 Å². The van der Waals surface area contributed by atoms with Gasteiger partial charge in [-0.3, -0.25) is 4.79 Å². The first-order valence-corrected chi connectivity index (χ1v) is 3.59. The maximum Gasteiger partial charge on any atom is 0.192 e. The molecule has 0 aromatic heterocycles. The molecule has 1 aliphatic rings. The molecule has 0 saturated heterocycles. The molecule has 0 aromatic rings. The lowest BCUT2D eigenvalue weighted by Gasteiger charge is -2.13. The second kappa shape index (κ2) is 3.79. The fraction of sp³-hybridized carbons (Fsp3) is 0.375. The highest BCUT2D eigenvalue weighted by Gasteiger charge is 2.24. The number of nitrogens with zero attached hydrogens (tertiary/aromatic N) is 2. The van der Waals surface area contributed by atoms with E-state index in [0.29, 0.717) is 6.61 Å². The molecule has 1 heterocycles. The molecule has 0 N–H and O–H groups in total. The third-order valence-electron chi connectivity index (χ3n) is 1.41. The predicted octanol–water partition coefficient (Wildman–Crippen LogP) is 0.452. The largest absolute Gasteiger partial charge is 0.363 e. The zero-order valence-corrected chi connectivity index (χ0v) is 6.65. The van der Waals surface area contributed by atoms with E-state index in [1.165, 1.54) is 12.3 Å².